The fraction of sp³-hybridized carbons (Fsp3) is 0.722. The SMILES string of the molecule is CC(C)C(NC(=O)C1CCCN1C(=O)C(CCC(=O)O)NC(=O)C(N)CO)C(=O)O. The summed E-state index contributed by atoms with van der Waals surface area (Å²) in [6.07, 6.45) is 0.146. The highest BCUT2D eigenvalue weighted by Gasteiger charge is 2.39. The first kappa shape index (κ1) is 25.3. The minimum Gasteiger partial charge on any atom is -0.481 e. The summed E-state index contributed by atoms with van der Waals surface area (Å²) in [5, 5.41) is 31.9. The Kier molecular flexibility index (Phi) is 9.66. The zero-order valence-electron chi connectivity index (χ0n) is 17.0. The Bertz CT molecular complexity index is 669. The second-order valence-electron chi connectivity index (χ2n) is 7.54. The molecule has 1 rings (SSSR count). The number of hydrogen-bond donors (Lipinski definition) is 6. The van der Waals surface area contributed by atoms with E-state index in [1.54, 1.807) is 13.8 Å². The lowest BCUT2D eigenvalue weighted by Crippen LogP contribution is -2.57. The molecule has 170 valence electrons. The summed E-state index contributed by atoms with van der Waals surface area (Å²) >= 11 is 0. The van der Waals surface area contributed by atoms with Gasteiger partial charge in [-0.05, 0) is 25.2 Å². The van der Waals surface area contributed by atoms with Gasteiger partial charge in [0, 0.05) is 13.0 Å². The molecule has 1 fully saturated rings. The van der Waals surface area contributed by atoms with Crippen LogP contribution in [-0.4, -0.2) is 87.2 Å². The number of hydrogen-bond acceptors (Lipinski definition) is 7. The Morgan fingerprint density at radius 2 is 1.77 bits per heavy atom. The molecule has 1 aliphatic heterocycles. The quantitative estimate of drug-likeness (QED) is 0.212. The summed E-state index contributed by atoms with van der Waals surface area (Å²) in [5.41, 5.74) is 5.44. The van der Waals surface area contributed by atoms with E-state index in [-0.39, 0.29) is 18.9 Å². The number of nitrogens with two attached hydrogens (primary N) is 1. The van der Waals surface area contributed by atoms with Crippen molar-refractivity contribution in [1.82, 2.24) is 15.5 Å². The number of aliphatic hydroxyl groups excluding tert-OH is 1. The summed E-state index contributed by atoms with van der Waals surface area (Å²) in [5.74, 6) is -4.86. The van der Waals surface area contributed by atoms with Crippen molar-refractivity contribution in [3.05, 3.63) is 0 Å². The fourth-order valence-corrected chi connectivity index (χ4v) is 3.15. The van der Waals surface area contributed by atoms with Gasteiger partial charge in [0.25, 0.3) is 0 Å². The van der Waals surface area contributed by atoms with Crippen molar-refractivity contribution in [2.75, 3.05) is 13.2 Å². The van der Waals surface area contributed by atoms with E-state index in [4.69, 9.17) is 15.9 Å². The molecule has 12 nitrogen and oxygen atoms in total. The van der Waals surface area contributed by atoms with E-state index >= 15 is 0 Å². The Morgan fingerprint density at radius 3 is 2.27 bits per heavy atom. The number of nitrogens with one attached hydrogen (secondary N) is 2. The van der Waals surface area contributed by atoms with Crippen molar-refractivity contribution in [2.45, 2.75) is 63.7 Å². The third-order valence-electron chi connectivity index (χ3n) is 4.86. The molecule has 0 saturated carbocycles. The number of rotatable bonds is 11. The molecule has 12 heteroatoms. The molecule has 1 saturated heterocycles. The summed E-state index contributed by atoms with van der Waals surface area (Å²) < 4.78 is 0. The third-order valence-corrected chi connectivity index (χ3v) is 4.86. The first-order valence-electron chi connectivity index (χ1n) is 9.71. The molecule has 0 aromatic heterocycles. The Morgan fingerprint density at radius 1 is 1.13 bits per heavy atom. The molecule has 0 aromatic carbocycles. The van der Waals surface area contributed by atoms with E-state index in [2.05, 4.69) is 10.6 Å². The molecule has 0 radical (unpaired) electrons. The molecule has 0 spiro atoms. The Balaban J connectivity index is 2.97. The highest BCUT2D eigenvalue weighted by atomic mass is 16.4. The normalized spacial score (nSPS) is 19.1. The van der Waals surface area contributed by atoms with Crippen molar-refractivity contribution in [3.8, 4) is 0 Å². The van der Waals surface area contributed by atoms with Crippen LogP contribution in [0.4, 0.5) is 0 Å². The molecule has 0 aliphatic carbocycles. The van der Waals surface area contributed by atoms with Crippen LogP contribution in [0.3, 0.4) is 0 Å². The third kappa shape index (κ3) is 6.95. The van der Waals surface area contributed by atoms with Crippen LogP contribution in [0.1, 0.15) is 39.5 Å². The topological polar surface area (TPSA) is 199 Å². The molecule has 0 aromatic rings. The monoisotopic (exact) mass is 430 g/mol. The lowest BCUT2D eigenvalue weighted by Gasteiger charge is -2.30. The van der Waals surface area contributed by atoms with Gasteiger partial charge in [-0.15, -0.1) is 0 Å². The lowest BCUT2D eigenvalue weighted by molar-refractivity contribution is -0.146. The molecule has 3 amide bonds. The maximum Gasteiger partial charge on any atom is 0.326 e. The largest absolute Gasteiger partial charge is 0.481 e. The average Bonchev–Trinajstić information content (AvgIpc) is 3.16. The summed E-state index contributed by atoms with van der Waals surface area (Å²) in [7, 11) is 0. The first-order chi connectivity index (χ1) is 14.0. The number of aliphatic hydroxyl groups is 1. The van der Waals surface area contributed by atoms with Crippen LogP contribution < -0.4 is 16.4 Å². The van der Waals surface area contributed by atoms with Crippen LogP contribution in [0.2, 0.25) is 0 Å². The average molecular weight is 430 g/mol. The van der Waals surface area contributed by atoms with Gasteiger partial charge in [0.15, 0.2) is 0 Å². The standard InChI is InChI=1S/C18H30N4O8/c1-9(2)14(18(29)30)21-16(27)12-4-3-7-22(12)17(28)11(5-6-13(24)25)20-15(26)10(19)8-23/h9-12,14,23H,3-8,19H2,1-2H3,(H,20,26)(H,21,27)(H,24,25)(H,29,30). The predicted molar refractivity (Wildman–Crippen MR) is 103 cm³/mol. The van der Waals surface area contributed by atoms with Crippen molar-refractivity contribution >= 4 is 29.7 Å². The summed E-state index contributed by atoms with van der Waals surface area (Å²) in [6, 6.07) is -4.60. The van der Waals surface area contributed by atoms with Gasteiger partial charge in [0.1, 0.15) is 24.2 Å². The van der Waals surface area contributed by atoms with Gasteiger partial charge in [-0.1, -0.05) is 13.8 Å². The molecule has 30 heavy (non-hydrogen) atoms. The fourth-order valence-electron chi connectivity index (χ4n) is 3.15. The molecule has 1 aliphatic rings. The van der Waals surface area contributed by atoms with E-state index in [0.717, 1.165) is 0 Å². The van der Waals surface area contributed by atoms with Crippen LogP contribution in [-0.2, 0) is 24.0 Å². The number of aliphatic carboxylic acids is 2. The van der Waals surface area contributed by atoms with Crippen molar-refractivity contribution in [1.29, 1.82) is 0 Å². The van der Waals surface area contributed by atoms with Crippen LogP contribution >= 0.6 is 0 Å². The smallest absolute Gasteiger partial charge is 0.326 e. The maximum absolute atomic E-state index is 13.0. The zero-order valence-corrected chi connectivity index (χ0v) is 17.0. The number of nitrogens with zero attached hydrogens (tertiary/aromatic N) is 1. The molecule has 0 bridgehead atoms. The molecular weight excluding hydrogens is 400 g/mol. The van der Waals surface area contributed by atoms with Crippen LogP contribution in [0, 0.1) is 5.92 Å². The number of carboxylic acid groups (broad SMARTS) is 2. The minimum atomic E-state index is -1.29. The first-order valence-corrected chi connectivity index (χ1v) is 9.71. The number of likely N-dealkylation sites (tertiary alicyclic amines) is 1. The van der Waals surface area contributed by atoms with E-state index in [1.165, 1.54) is 4.90 Å². The second-order valence-corrected chi connectivity index (χ2v) is 7.54. The van der Waals surface area contributed by atoms with Gasteiger partial charge < -0.3 is 36.6 Å². The molecule has 7 N–H and O–H groups in total. The number of amides is 3. The van der Waals surface area contributed by atoms with Crippen LogP contribution in [0.5, 0.6) is 0 Å². The zero-order chi connectivity index (χ0) is 23.0. The molecular formula is C18H30N4O8. The van der Waals surface area contributed by atoms with Gasteiger partial charge >= 0.3 is 11.9 Å². The number of carbonyl (C=O) groups excluding carboxylic acids is 3. The second kappa shape index (κ2) is 11.5. The van der Waals surface area contributed by atoms with Crippen LogP contribution in [0.15, 0.2) is 0 Å². The summed E-state index contributed by atoms with van der Waals surface area (Å²) in [4.78, 5) is 61.1. The Hall–Kier alpha value is -2.73. The van der Waals surface area contributed by atoms with Gasteiger partial charge in [0.2, 0.25) is 17.7 Å². The Labute approximate surface area is 173 Å². The van der Waals surface area contributed by atoms with Crippen molar-refractivity contribution in [3.63, 3.8) is 0 Å². The molecule has 4 atom stereocenters. The van der Waals surface area contributed by atoms with Gasteiger partial charge in [-0.3, -0.25) is 19.2 Å². The highest BCUT2D eigenvalue weighted by molar-refractivity contribution is 5.94. The van der Waals surface area contributed by atoms with E-state index in [0.29, 0.717) is 12.8 Å². The van der Waals surface area contributed by atoms with E-state index in [1.807, 2.05) is 0 Å². The van der Waals surface area contributed by atoms with E-state index < -0.39 is 66.9 Å². The van der Waals surface area contributed by atoms with Crippen LogP contribution in [0.25, 0.3) is 0 Å². The van der Waals surface area contributed by atoms with Gasteiger partial charge in [-0.25, -0.2) is 4.79 Å². The van der Waals surface area contributed by atoms with Crippen molar-refractivity contribution in [2.24, 2.45) is 11.7 Å². The number of carbonyl (C=O) groups is 5. The highest BCUT2D eigenvalue weighted by Crippen LogP contribution is 2.20. The maximum atomic E-state index is 13.0. The number of carboxylic acids is 2. The lowest BCUT2D eigenvalue weighted by atomic mass is 10.0. The molecule has 4 unspecified atom stereocenters. The predicted octanol–water partition coefficient (Wildman–Crippen LogP) is -2.13. The van der Waals surface area contributed by atoms with Crippen molar-refractivity contribution < 1.29 is 39.3 Å². The van der Waals surface area contributed by atoms with Gasteiger partial charge in [-0.2, -0.15) is 0 Å². The van der Waals surface area contributed by atoms with E-state index in [9.17, 15) is 29.1 Å². The van der Waals surface area contributed by atoms with Gasteiger partial charge in [0.05, 0.1) is 6.61 Å². The minimum absolute atomic E-state index is 0.196. The molecule has 1 heterocycles. The summed E-state index contributed by atoms with van der Waals surface area (Å²) in [6.45, 7) is 2.81.